The van der Waals surface area contributed by atoms with Crippen molar-refractivity contribution in [2.45, 2.75) is 45.4 Å². The Labute approximate surface area is 176 Å². The van der Waals surface area contributed by atoms with Crippen LogP contribution in [0.5, 0.6) is 5.75 Å². The molecular formula is C22H29N3O3S. The predicted octanol–water partition coefficient (Wildman–Crippen LogP) is 4.22. The van der Waals surface area contributed by atoms with Crippen molar-refractivity contribution in [1.82, 2.24) is 5.32 Å². The second kappa shape index (κ2) is 10.4. The Bertz CT molecular complexity index is 863. The van der Waals surface area contributed by atoms with Crippen molar-refractivity contribution in [3.8, 4) is 5.75 Å². The van der Waals surface area contributed by atoms with Gasteiger partial charge in [0.25, 0.3) is 5.91 Å². The normalized spacial score (nSPS) is 13.3. The van der Waals surface area contributed by atoms with Gasteiger partial charge in [-0.1, -0.05) is 25.5 Å². The van der Waals surface area contributed by atoms with Crippen LogP contribution >= 0.6 is 11.3 Å². The number of para-hydroxylation sites is 2. The van der Waals surface area contributed by atoms with E-state index in [9.17, 15) is 9.59 Å². The Hall–Kier alpha value is -2.38. The number of ether oxygens (including phenoxy) is 1. The summed E-state index contributed by atoms with van der Waals surface area (Å²) in [5, 5.41) is 9.70. The summed E-state index contributed by atoms with van der Waals surface area (Å²) in [6, 6.07) is 7.34. The molecule has 0 aliphatic heterocycles. The zero-order chi connectivity index (χ0) is 20.6. The number of nitrogens with one attached hydrogen (secondary N) is 3. The lowest BCUT2D eigenvalue weighted by Gasteiger charge is -2.12. The number of carbonyl (C=O) groups is 2. The summed E-state index contributed by atoms with van der Waals surface area (Å²) in [5.74, 6) is 0.281. The van der Waals surface area contributed by atoms with Crippen molar-refractivity contribution in [2.75, 3.05) is 30.8 Å². The van der Waals surface area contributed by atoms with Gasteiger partial charge in [0.15, 0.2) is 0 Å². The number of aryl methyl sites for hydroxylation is 1. The minimum atomic E-state index is -0.203. The lowest BCUT2D eigenvalue weighted by Crippen LogP contribution is -2.29. The fourth-order valence-corrected chi connectivity index (χ4v) is 4.86. The average molecular weight is 416 g/mol. The Balaban J connectivity index is 1.87. The van der Waals surface area contributed by atoms with Gasteiger partial charge in [0, 0.05) is 4.88 Å². The maximum absolute atomic E-state index is 13.3. The second-order valence-corrected chi connectivity index (χ2v) is 8.25. The first-order valence-corrected chi connectivity index (χ1v) is 11.0. The van der Waals surface area contributed by atoms with E-state index < -0.39 is 0 Å². The van der Waals surface area contributed by atoms with Crippen molar-refractivity contribution in [2.24, 2.45) is 0 Å². The molecule has 29 heavy (non-hydrogen) atoms. The van der Waals surface area contributed by atoms with Crippen molar-refractivity contribution >= 4 is 33.8 Å². The summed E-state index contributed by atoms with van der Waals surface area (Å²) in [5.41, 5.74) is 2.30. The molecule has 0 unspecified atom stereocenters. The van der Waals surface area contributed by atoms with Crippen LogP contribution in [0.4, 0.5) is 10.7 Å². The van der Waals surface area contributed by atoms with E-state index in [4.69, 9.17) is 4.74 Å². The summed E-state index contributed by atoms with van der Waals surface area (Å²) in [4.78, 5) is 26.9. The van der Waals surface area contributed by atoms with Crippen LogP contribution in [0.1, 0.15) is 53.4 Å². The molecule has 1 heterocycles. The van der Waals surface area contributed by atoms with E-state index in [0.29, 0.717) is 22.0 Å². The molecule has 1 aliphatic carbocycles. The molecule has 1 aromatic carbocycles. The summed E-state index contributed by atoms with van der Waals surface area (Å²) in [6.45, 7) is 3.08. The first-order valence-electron chi connectivity index (χ1n) is 10.2. The topological polar surface area (TPSA) is 79.5 Å². The number of carbonyl (C=O) groups excluding carboxylic acids is 2. The second-order valence-electron chi connectivity index (χ2n) is 7.15. The standard InChI is InChI=1S/C22H29N3O3S/c1-3-13-23-14-19(26)25-22-20(15-9-5-4-6-12-18(15)29-22)21(27)24-16-10-7-8-11-17(16)28-2/h7-8,10-11,23H,3-6,9,12-14H2,1-2H3,(H,24,27)(H,25,26). The largest absolute Gasteiger partial charge is 0.495 e. The summed E-state index contributed by atoms with van der Waals surface area (Å²) >= 11 is 1.54. The van der Waals surface area contributed by atoms with Gasteiger partial charge < -0.3 is 20.7 Å². The molecule has 0 atom stereocenters. The lowest BCUT2D eigenvalue weighted by atomic mass is 10.0. The number of benzene rings is 1. The molecule has 0 saturated heterocycles. The molecule has 0 saturated carbocycles. The van der Waals surface area contributed by atoms with Gasteiger partial charge in [-0.3, -0.25) is 9.59 Å². The van der Waals surface area contributed by atoms with Crippen LogP contribution in [-0.4, -0.2) is 32.0 Å². The fourth-order valence-electron chi connectivity index (χ4n) is 3.55. The third-order valence-electron chi connectivity index (χ3n) is 4.97. The van der Waals surface area contributed by atoms with E-state index >= 15 is 0 Å². The number of rotatable bonds is 8. The third kappa shape index (κ3) is 5.36. The van der Waals surface area contributed by atoms with Crippen LogP contribution in [-0.2, 0) is 17.6 Å². The highest BCUT2D eigenvalue weighted by Crippen LogP contribution is 2.38. The Morgan fingerprint density at radius 1 is 1.10 bits per heavy atom. The van der Waals surface area contributed by atoms with Gasteiger partial charge in [-0.2, -0.15) is 0 Å². The lowest BCUT2D eigenvalue weighted by molar-refractivity contribution is -0.115. The monoisotopic (exact) mass is 415 g/mol. The van der Waals surface area contributed by atoms with Crippen LogP contribution in [0.15, 0.2) is 24.3 Å². The number of thiophene rings is 1. The highest BCUT2D eigenvalue weighted by atomic mass is 32.1. The average Bonchev–Trinajstić information content (AvgIpc) is 2.89. The maximum Gasteiger partial charge on any atom is 0.259 e. The van der Waals surface area contributed by atoms with Crippen LogP contribution in [0.2, 0.25) is 0 Å². The molecule has 0 bridgehead atoms. The van der Waals surface area contributed by atoms with Gasteiger partial charge in [0.2, 0.25) is 5.91 Å². The van der Waals surface area contributed by atoms with Gasteiger partial charge in [-0.15, -0.1) is 11.3 Å². The van der Waals surface area contributed by atoms with E-state index in [-0.39, 0.29) is 18.4 Å². The molecule has 0 spiro atoms. The molecule has 6 nitrogen and oxygen atoms in total. The van der Waals surface area contributed by atoms with Crippen LogP contribution in [0.25, 0.3) is 0 Å². The molecule has 1 aromatic heterocycles. The molecular weight excluding hydrogens is 386 g/mol. The van der Waals surface area contributed by atoms with E-state index in [1.54, 1.807) is 7.11 Å². The zero-order valence-electron chi connectivity index (χ0n) is 17.1. The number of hydrogen-bond acceptors (Lipinski definition) is 5. The highest BCUT2D eigenvalue weighted by molar-refractivity contribution is 7.17. The molecule has 2 amide bonds. The number of amides is 2. The third-order valence-corrected chi connectivity index (χ3v) is 6.18. The first kappa shape index (κ1) is 21.3. The van der Waals surface area contributed by atoms with Gasteiger partial charge in [0.05, 0.1) is 24.9 Å². The Morgan fingerprint density at radius 2 is 1.90 bits per heavy atom. The summed E-state index contributed by atoms with van der Waals surface area (Å²) in [7, 11) is 1.58. The first-order chi connectivity index (χ1) is 14.1. The summed E-state index contributed by atoms with van der Waals surface area (Å²) in [6.07, 6.45) is 6.13. The van der Waals surface area contributed by atoms with Gasteiger partial charge >= 0.3 is 0 Å². The fraction of sp³-hybridized carbons (Fsp3) is 0.455. The maximum atomic E-state index is 13.3. The molecule has 2 aromatic rings. The van der Waals surface area contributed by atoms with Crippen molar-refractivity contribution < 1.29 is 14.3 Å². The minimum Gasteiger partial charge on any atom is -0.495 e. The van der Waals surface area contributed by atoms with Crippen molar-refractivity contribution in [3.05, 3.63) is 40.3 Å². The summed E-state index contributed by atoms with van der Waals surface area (Å²) < 4.78 is 5.36. The number of fused-ring (bicyclic) bond motifs is 1. The number of anilines is 2. The van der Waals surface area contributed by atoms with Gasteiger partial charge in [0.1, 0.15) is 10.8 Å². The SMILES string of the molecule is CCCNCC(=O)Nc1sc2c(c1C(=O)Nc1ccccc1OC)CCCCC2. The van der Waals surface area contributed by atoms with E-state index in [0.717, 1.165) is 50.6 Å². The molecule has 0 radical (unpaired) electrons. The molecule has 0 fully saturated rings. The predicted molar refractivity (Wildman–Crippen MR) is 118 cm³/mol. The van der Waals surface area contributed by atoms with Gasteiger partial charge in [-0.25, -0.2) is 0 Å². The van der Waals surface area contributed by atoms with Gasteiger partial charge in [-0.05, 0) is 56.3 Å². The van der Waals surface area contributed by atoms with Crippen LogP contribution in [0.3, 0.4) is 0 Å². The Morgan fingerprint density at radius 3 is 2.69 bits per heavy atom. The van der Waals surface area contributed by atoms with Crippen LogP contribution in [0, 0.1) is 0 Å². The quantitative estimate of drug-likeness (QED) is 0.446. The van der Waals surface area contributed by atoms with Crippen molar-refractivity contribution in [1.29, 1.82) is 0 Å². The molecule has 7 heteroatoms. The molecule has 156 valence electrons. The minimum absolute atomic E-state index is 0.124. The van der Waals surface area contributed by atoms with Crippen molar-refractivity contribution in [3.63, 3.8) is 0 Å². The number of hydrogen-bond donors (Lipinski definition) is 3. The smallest absolute Gasteiger partial charge is 0.259 e. The molecule has 3 N–H and O–H groups in total. The Kier molecular flexibility index (Phi) is 7.66. The van der Waals surface area contributed by atoms with E-state index in [2.05, 4.69) is 22.9 Å². The molecule has 1 aliphatic rings. The zero-order valence-corrected chi connectivity index (χ0v) is 17.9. The highest BCUT2D eigenvalue weighted by Gasteiger charge is 2.26. The number of methoxy groups -OCH3 is 1. The van der Waals surface area contributed by atoms with E-state index in [1.165, 1.54) is 16.2 Å². The van der Waals surface area contributed by atoms with Crippen LogP contribution < -0.4 is 20.7 Å². The van der Waals surface area contributed by atoms with E-state index in [1.807, 2.05) is 24.3 Å². The molecule has 3 rings (SSSR count).